The van der Waals surface area contributed by atoms with E-state index < -0.39 is 11.8 Å². The van der Waals surface area contributed by atoms with Crippen LogP contribution < -0.4 is 0 Å². The first-order valence-electron chi connectivity index (χ1n) is 5.67. The van der Waals surface area contributed by atoms with Gasteiger partial charge in [0.05, 0.1) is 0 Å². The molecular weight excluding hydrogens is 200 g/mol. The molecule has 0 N–H and O–H groups in total. The third-order valence-corrected chi connectivity index (χ3v) is 3.44. The Morgan fingerprint density at radius 3 is 2.53 bits per heavy atom. The lowest BCUT2D eigenvalue weighted by Crippen LogP contribution is -2.54. The Morgan fingerprint density at radius 2 is 2.00 bits per heavy atom. The maximum absolute atomic E-state index is 13.5. The zero-order valence-electron chi connectivity index (χ0n) is 9.01. The maximum atomic E-state index is 13.5. The van der Waals surface area contributed by atoms with Crippen molar-refractivity contribution in [2.24, 2.45) is 11.8 Å². The minimum absolute atomic E-state index is 0.118. The van der Waals surface area contributed by atoms with Gasteiger partial charge in [-0.3, -0.25) is 4.79 Å². The topological polar surface area (TPSA) is 20.3 Å². The van der Waals surface area contributed by atoms with Crippen molar-refractivity contribution in [3.05, 3.63) is 0 Å². The first kappa shape index (κ1) is 10.8. The van der Waals surface area contributed by atoms with Gasteiger partial charge < -0.3 is 4.90 Å². The second-order valence-electron chi connectivity index (χ2n) is 4.91. The fraction of sp³-hybridized carbons (Fsp3) is 0.909. The summed E-state index contributed by atoms with van der Waals surface area (Å²) in [5.41, 5.74) is 0. The molecule has 86 valence electrons. The monoisotopic (exact) mass is 217 g/mol. The quantitative estimate of drug-likeness (QED) is 0.660. The van der Waals surface area contributed by atoms with Crippen LogP contribution in [0.4, 0.5) is 8.78 Å². The highest BCUT2D eigenvalue weighted by atomic mass is 19.3. The van der Waals surface area contributed by atoms with Crippen molar-refractivity contribution < 1.29 is 13.6 Å². The first-order chi connectivity index (χ1) is 7.00. The highest BCUT2D eigenvalue weighted by Gasteiger charge is 2.48. The van der Waals surface area contributed by atoms with Crippen molar-refractivity contribution in [2.45, 2.75) is 38.5 Å². The molecule has 1 saturated heterocycles. The van der Waals surface area contributed by atoms with Crippen LogP contribution >= 0.6 is 0 Å². The summed E-state index contributed by atoms with van der Waals surface area (Å²) in [4.78, 5) is 13.4. The number of hydrogen-bond acceptors (Lipinski definition) is 1. The van der Waals surface area contributed by atoms with Crippen LogP contribution in [0, 0.1) is 11.8 Å². The molecular formula is C11H17F2NO. The van der Waals surface area contributed by atoms with Gasteiger partial charge in [0.15, 0.2) is 0 Å². The highest BCUT2D eigenvalue weighted by Crippen LogP contribution is 2.40. The van der Waals surface area contributed by atoms with Gasteiger partial charge in [-0.25, -0.2) is 8.78 Å². The molecule has 0 radical (unpaired) electrons. The van der Waals surface area contributed by atoms with E-state index in [0.717, 1.165) is 6.42 Å². The van der Waals surface area contributed by atoms with Crippen LogP contribution in [0.3, 0.4) is 0 Å². The number of amides is 1. The summed E-state index contributed by atoms with van der Waals surface area (Å²) < 4.78 is 27.0. The van der Waals surface area contributed by atoms with Gasteiger partial charge in [0.25, 0.3) is 5.92 Å². The van der Waals surface area contributed by atoms with Gasteiger partial charge in [0, 0.05) is 19.5 Å². The minimum atomic E-state index is -2.77. The summed E-state index contributed by atoms with van der Waals surface area (Å²) >= 11 is 0. The molecule has 1 amide bonds. The number of halogens is 2. The van der Waals surface area contributed by atoms with Gasteiger partial charge in [0.2, 0.25) is 5.91 Å². The van der Waals surface area contributed by atoms with E-state index in [1.807, 2.05) is 6.92 Å². The largest absolute Gasteiger partial charge is 0.342 e. The molecule has 1 saturated carbocycles. The summed E-state index contributed by atoms with van der Waals surface area (Å²) in [5, 5.41) is 0. The zero-order valence-corrected chi connectivity index (χ0v) is 9.01. The van der Waals surface area contributed by atoms with Gasteiger partial charge in [-0.1, -0.05) is 13.3 Å². The van der Waals surface area contributed by atoms with Crippen molar-refractivity contribution in [1.29, 1.82) is 0 Å². The molecule has 0 unspecified atom stereocenters. The molecule has 4 heteroatoms. The Labute approximate surface area is 88.6 Å². The number of rotatable bonds is 1. The van der Waals surface area contributed by atoms with Gasteiger partial charge in [-0.2, -0.15) is 0 Å². The first-order valence-corrected chi connectivity index (χ1v) is 5.67. The minimum Gasteiger partial charge on any atom is -0.342 e. The second kappa shape index (κ2) is 3.72. The van der Waals surface area contributed by atoms with Crippen LogP contribution in [-0.2, 0) is 4.79 Å². The van der Waals surface area contributed by atoms with Gasteiger partial charge in [0.1, 0.15) is 5.92 Å². The Bertz CT molecular complexity index is 261. The van der Waals surface area contributed by atoms with Gasteiger partial charge in [-0.05, 0) is 18.8 Å². The van der Waals surface area contributed by atoms with Crippen LogP contribution in [0.5, 0.6) is 0 Å². The summed E-state index contributed by atoms with van der Waals surface area (Å²) in [7, 11) is 0. The third-order valence-electron chi connectivity index (χ3n) is 3.44. The molecule has 0 aromatic rings. The van der Waals surface area contributed by atoms with Crippen LogP contribution in [0.25, 0.3) is 0 Å². The molecule has 2 nitrogen and oxygen atoms in total. The molecule has 1 aliphatic carbocycles. The van der Waals surface area contributed by atoms with Crippen LogP contribution in [0.2, 0.25) is 0 Å². The van der Waals surface area contributed by atoms with E-state index in [4.69, 9.17) is 0 Å². The second-order valence-corrected chi connectivity index (χ2v) is 4.91. The normalized spacial score (nSPS) is 31.1. The van der Waals surface area contributed by atoms with E-state index in [-0.39, 0.29) is 12.3 Å². The number of carbonyl (C=O) groups excluding carboxylic acids is 1. The van der Waals surface area contributed by atoms with E-state index >= 15 is 0 Å². The molecule has 0 bridgehead atoms. The Hall–Kier alpha value is -0.670. The molecule has 0 aromatic carbocycles. The van der Waals surface area contributed by atoms with Gasteiger partial charge >= 0.3 is 0 Å². The predicted molar refractivity (Wildman–Crippen MR) is 52.6 cm³/mol. The molecule has 1 aliphatic heterocycles. The third kappa shape index (κ3) is 1.99. The van der Waals surface area contributed by atoms with Crippen LogP contribution in [0.1, 0.15) is 32.6 Å². The van der Waals surface area contributed by atoms with E-state index in [2.05, 4.69) is 0 Å². The van der Waals surface area contributed by atoms with E-state index in [0.29, 0.717) is 31.8 Å². The Morgan fingerprint density at radius 1 is 1.33 bits per heavy atom. The predicted octanol–water partition coefficient (Wildman–Crippen LogP) is 2.29. The van der Waals surface area contributed by atoms with Crippen molar-refractivity contribution >= 4 is 5.91 Å². The number of alkyl halides is 2. The SMILES string of the molecule is CC1CN(C(=O)[C@@H]2CCCCC2(F)F)C1. The number of nitrogens with zero attached hydrogens (tertiary/aromatic N) is 1. The molecule has 0 aromatic heterocycles. The molecule has 0 spiro atoms. The van der Waals surface area contributed by atoms with E-state index in [9.17, 15) is 13.6 Å². The molecule has 2 rings (SSSR count). The number of likely N-dealkylation sites (tertiary alicyclic amines) is 1. The average Bonchev–Trinajstić information content (AvgIpc) is 2.11. The van der Waals surface area contributed by atoms with Crippen LogP contribution in [-0.4, -0.2) is 29.8 Å². The van der Waals surface area contributed by atoms with Crippen molar-refractivity contribution in [3.63, 3.8) is 0 Å². The standard InChI is InChI=1S/C11H17F2NO/c1-8-6-14(7-8)10(15)9-4-2-3-5-11(9,12)13/h8-9H,2-7H2,1H3/t9-/m0/s1. The smallest absolute Gasteiger partial charge is 0.259 e. The van der Waals surface area contributed by atoms with Crippen LogP contribution in [0.15, 0.2) is 0 Å². The lowest BCUT2D eigenvalue weighted by Gasteiger charge is -2.41. The van der Waals surface area contributed by atoms with E-state index in [1.165, 1.54) is 0 Å². The summed E-state index contributed by atoms with van der Waals surface area (Å²) in [6, 6.07) is 0. The molecule has 1 atom stereocenters. The maximum Gasteiger partial charge on any atom is 0.259 e. The fourth-order valence-corrected chi connectivity index (χ4v) is 2.50. The molecule has 2 fully saturated rings. The Balaban J connectivity index is 1.99. The average molecular weight is 217 g/mol. The van der Waals surface area contributed by atoms with Crippen molar-refractivity contribution in [3.8, 4) is 0 Å². The van der Waals surface area contributed by atoms with Crippen molar-refractivity contribution in [1.82, 2.24) is 4.90 Å². The highest BCUT2D eigenvalue weighted by molar-refractivity contribution is 5.80. The summed E-state index contributed by atoms with van der Waals surface area (Å²) in [6.07, 6.45) is 1.55. The number of carbonyl (C=O) groups is 1. The Kier molecular flexibility index (Phi) is 2.69. The van der Waals surface area contributed by atoms with Crippen molar-refractivity contribution in [2.75, 3.05) is 13.1 Å². The fourth-order valence-electron chi connectivity index (χ4n) is 2.50. The zero-order chi connectivity index (χ0) is 11.1. The molecule has 1 heterocycles. The molecule has 2 aliphatic rings. The van der Waals surface area contributed by atoms with E-state index in [1.54, 1.807) is 4.90 Å². The number of hydrogen-bond donors (Lipinski definition) is 0. The lowest BCUT2D eigenvalue weighted by molar-refractivity contribution is -0.161. The molecule has 15 heavy (non-hydrogen) atoms. The summed E-state index contributed by atoms with van der Waals surface area (Å²) in [5.74, 6) is -3.66. The van der Waals surface area contributed by atoms with Gasteiger partial charge in [-0.15, -0.1) is 0 Å². The lowest BCUT2D eigenvalue weighted by atomic mass is 9.83. The summed E-state index contributed by atoms with van der Waals surface area (Å²) in [6.45, 7) is 3.35.